The lowest BCUT2D eigenvalue weighted by Crippen LogP contribution is -2.22. The molecule has 0 aliphatic heterocycles. The van der Waals surface area contributed by atoms with Gasteiger partial charge in [0, 0.05) is 16.6 Å². The quantitative estimate of drug-likeness (QED) is 0.582. The molecule has 8 nitrogen and oxygen atoms in total. The van der Waals surface area contributed by atoms with E-state index in [0.717, 1.165) is 16.1 Å². The van der Waals surface area contributed by atoms with Crippen LogP contribution in [0.5, 0.6) is 0 Å². The molecule has 156 valence electrons. The first kappa shape index (κ1) is 21.3. The van der Waals surface area contributed by atoms with Gasteiger partial charge in [-0.1, -0.05) is 18.2 Å². The number of anilines is 1. The summed E-state index contributed by atoms with van der Waals surface area (Å²) in [6.45, 7) is 3.17. The molecule has 3 rings (SSSR count). The van der Waals surface area contributed by atoms with Crippen molar-refractivity contribution in [3.8, 4) is 5.69 Å². The van der Waals surface area contributed by atoms with Crippen LogP contribution in [0.4, 0.5) is 5.00 Å². The molecule has 0 saturated carbocycles. The van der Waals surface area contributed by atoms with Crippen molar-refractivity contribution in [2.75, 3.05) is 19.0 Å². The molecule has 1 amide bonds. The van der Waals surface area contributed by atoms with E-state index in [0.29, 0.717) is 16.1 Å². The minimum absolute atomic E-state index is 0.00918. The van der Waals surface area contributed by atoms with Crippen LogP contribution in [-0.4, -0.2) is 41.3 Å². The number of methoxy groups -OCH3 is 1. The van der Waals surface area contributed by atoms with E-state index in [-0.39, 0.29) is 6.42 Å². The van der Waals surface area contributed by atoms with Crippen molar-refractivity contribution < 1.29 is 23.9 Å². The first-order valence-electron chi connectivity index (χ1n) is 9.11. The minimum Gasteiger partial charge on any atom is -0.465 e. The molecule has 2 aromatic heterocycles. The molecule has 0 unspecified atom stereocenters. The third-order valence-electron chi connectivity index (χ3n) is 4.40. The highest BCUT2D eigenvalue weighted by molar-refractivity contribution is 7.16. The van der Waals surface area contributed by atoms with Crippen LogP contribution in [0.1, 0.15) is 26.4 Å². The molecule has 0 aliphatic carbocycles. The maximum atomic E-state index is 12.2. The number of carbonyl (C=O) groups excluding carboxylic acids is 3. The summed E-state index contributed by atoms with van der Waals surface area (Å²) in [4.78, 5) is 37.1. The second kappa shape index (κ2) is 9.36. The van der Waals surface area contributed by atoms with E-state index in [1.165, 1.54) is 18.4 Å². The minimum atomic E-state index is -0.551. The number of benzene rings is 1. The van der Waals surface area contributed by atoms with Gasteiger partial charge in [-0.15, -0.1) is 11.3 Å². The molecule has 0 atom stereocenters. The molecule has 30 heavy (non-hydrogen) atoms. The summed E-state index contributed by atoms with van der Waals surface area (Å²) in [5.41, 5.74) is 2.60. The van der Waals surface area contributed by atoms with Crippen molar-refractivity contribution in [3.05, 3.63) is 64.3 Å². The second-order valence-electron chi connectivity index (χ2n) is 6.49. The van der Waals surface area contributed by atoms with Gasteiger partial charge in [-0.3, -0.25) is 9.59 Å². The fourth-order valence-corrected chi connectivity index (χ4v) is 3.83. The highest BCUT2D eigenvalue weighted by Gasteiger charge is 2.22. The molecular formula is C21H21N3O5S. The number of aromatic nitrogens is 2. The maximum absolute atomic E-state index is 12.2. The third kappa shape index (κ3) is 4.93. The monoisotopic (exact) mass is 427 g/mol. The molecule has 0 aliphatic rings. The van der Waals surface area contributed by atoms with Crippen molar-refractivity contribution in [1.82, 2.24) is 9.78 Å². The number of nitrogens with zero attached hydrogens (tertiary/aromatic N) is 2. The van der Waals surface area contributed by atoms with Gasteiger partial charge >= 0.3 is 11.9 Å². The molecule has 1 N–H and O–H groups in total. The Balaban J connectivity index is 1.54. The number of rotatable bonds is 7. The molecule has 0 bridgehead atoms. The smallest absolute Gasteiger partial charge is 0.341 e. The van der Waals surface area contributed by atoms with E-state index >= 15 is 0 Å². The number of carbonyl (C=O) groups is 3. The standard InChI is InChI=1S/C21H21N3O5S/c1-13-14(2)30-20(19(13)21(27)28-3)23-17(25)12-29-18(26)9-15-10-22-24(11-15)16-7-5-4-6-8-16/h4-8,10-11H,9,12H2,1-3H3,(H,23,25). The molecule has 0 fully saturated rings. The molecule has 1 aromatic carbocycles. The highest BCUT2D eigenvalue weighted by atomic mass is 32.1. The van der Waals surface area contributed by atoms with Crippen LogP contribution in [0, 0.1) is 13.8 Å². The maximum Gasteiger partial charge on any atom is 0.341 e. The van der Waals surface area contributed by atoms with E-state index in [4.69, 9.17) is 9.47 Å². The van der Waals surface area contributed by atoms with E-state index in [9.17, 15) is 14.4 Å². The summed E-state index contributed by atoms with van der Waals surface area (Å²) in [5.74, 6) is -1.61. The third-order valence-corrected chi connectivity index (χ3v) is 5.52. The van der Waals surface area contributed by atoms with Gasteiger partial charge in [0.1, 0.15) is 5.00 Å². The average molecular weight is 427 g/mol. The Morgan fingerprint density at radius 1 is 1.17 bits per heavy atom. The summed E-state index contributed by atoms with van der Waals surface area (Å²) in [7, 11) is 1.28. The van der Waals surface area contributed by atoms with E-state index < -0.39 is 24.5 Å². The summed E-state index contributed by atoms with van der Waals surface area (Å²) in [5, 5.41) is 7.22. The van der Waals surface area contributed by atoms with Gasteiger partial charge < -0.3 is 14.8 Å². The van der Waals surface area contributed by atoms with Crippen LogP contribution in [0.15, 0.2) is 42.7 Å². The van der Waals surface area contributed by atoms with E-state index in [2.05, 4.69) is 10.4 Å². The van der Waals surface area contributed by atoms with Gasteiger partial charge in [0.05, 0.1) is 31.0 Å². The SMILES string of the molecule is COC(=O)c1c(NC(=O)COC(=O)Cc2cnn(-c3ccccc3)c2)sc(C)c1C. The van der Waals surface area contributed by atoms with Crippen LogP contribution in [0.3, 0.4) is 0 Å². The van der Waals surface area contributed by atoms with Gasteiger partial charge in [0.2, 0.25) is 0 Å². The summed E-state index contributed by atoms with van der Waals surface area (Å²) in [6, 6.07) is 9.49. The Morgan fingerprint density at radius 3 is 2.60 bits per heavy atom. The lowest BCUT2D eigenvalue weighted by Gasteiger charge is -2.07. The predicted molar refractivity (Wildman–Crippen MR) is 112 cm³/mol. The van der Waals surface area contributed by atoms with Gasteiger partial charge in [-0.2, -0.15) is 5.10 Å². The molecule has 2 heterocycles. The number of hydrogen-bond acceptors (Lipinski definition) is 7. The van der Waals surface area contributed by atoms with Crippen LogP contribution >= 0.6 is 11.3 Å². The number of aryl methyl sites for hydroxylation is 1. The van der Waals surface area contributed by atoms with Crippen LogP contribution < -0.4 is 5.32 Å². The topological polar surface area (TPSA) is 99.5 Å². The van der Waals surface area contributed by atoms with Crippen molar-refractivity contribution in [1.29, 1.82) is 0 Å². The van der Waals surface area contributed by atoms with Gasteiger partial charge in [-0.25, -0.2) is 9.48 Å². The number of amides is 1. The first-order chi connectivity index (χ1) is 14.4. The molecule has 0 radical (unpaired) electrons. The number of hydrogen-bond donors (Lipinski definition) is 1. The van der Waals surface area contributed by atoms with Crippen molar-refractivity contribution >= 4 is 34.2 Å². The summed E-state index contributed by atoms with van der Waals surface area (Å²) < 4.78 is 11.5. The number of esters is 2. The van der Waals surface area contributed by atoms with Crippen molar-refractivity contribution in [2.24, 2.45) is 0 Å². The zero-order valence-corrected chi connectivity index (χ0v) is 17.6. The second-order valence-corrected chi connectivity index (χ2v) is 7.72. The van der Waals surface area contributed by atoms with E-state index in [1.807, 2.05) is 37.3 Å². The van der Waals surface area contributed by atoms with Gasteiger partial charge in [0.25, 0.3) is 5.91 Å². The van der Waals surface area contributed by atoms with Gasteiger partial charge in [-0.05, 0) is 31.5 Å². The lowest BCUT2D eigenvalue weighted by atomic mass is 10.1. The first-order valence-corrected chi connectivity index (χ1v) is 9.93. The fourth-order valence-electron chi connectivity index (χ4n) is 2.76. The van der Waals surface area contributed by atoms with Gasteiger partial charge in [0.15, 0.2) is 6.61 Å². The average Bonchev–Trinajstić information content (AvgIpc) is 3.31. The molecule has 3 aromatic rings. The normalized spacial score (nSPS) is 10.5. The van der Waals surface area contributed by atoms with Crippen LogP contribution in [-0.2, 0) is 25.5 Å². The number of ether oxygens (including phenoxy) is 2. The van der Waals surface area contributed by atoms with Crippen molar-refractivity contribution in [3.63, 3.8) is 0 Å². The largest absolute Gasteiger partial charge is 0.465 e. The number of para-hydroxylation sites is 1. The van der Waals surface area contributed by atoms with Crippen molar-refractivity contribution in [2.45, 2.75) is 20.3 Å². The zero-order valence-electron chi connectivity index (χ0n) is 16.8. The zero-order chi connectivity index (χ0) is 21.7. The fraction of sp³-hybridized carbons (Fsp3) is 0.238. The van der Waals surface area contributed by atoms with Crippen LogP contribution in [0.2, 0.25) is 0 Å². The molecule has 0 saturated heterocycles. The molecule has 9 heteroatoms. The Hall–Kier alpha value is -3.46. The summed E-state index contributed by atoms with van der Waals surface area (Å²) in [6.07, 6.45) is 3.30. The van der Waals surface area contributed by atoms with Crippen LogP contribution in [0.25, 0.3) is 5.69 Å². The highest BCUT2D eigenvalue weighted by Crippen LogP contribution is 2.32. The Morgan fingerprint density at radius 2 is 1.90 bits per heavy atom. The number of nitrogens with one attached hydrogen (secondary N) is 1. The predicted octanol–water partition coefficient (Wildman–Crippen LogP) is 3.06. The Bertz CT molecular complexity index is 1070. The van der Waals surface area contributed by atoms with E-state index in [1.54, 1.807) is 24.0 Å². The molecular weight excluding hydrogens is 406 g/mol. The Kier molecular flexibility index (Phi) is 6.63. The lowest BCUT2D eigenvalue weighted by molar-refractivity contribution is -0.146. The summed E-state index contributed by atoms with van der Waals surface area (Å²) >= 11 is 1.27. The molecule has 0 spiro atoms. The number of thiophene rings is 1. The Labute approximate surface area is 177 Å².